The quantitative estimate of drug-likeness (QED) is 0.255. The maximum absolute atomic E-state index is 14.4. The Balaban J connectivity index is 1.75. The average molecular weight is 473 g/mol. The van der Waals surface area contributed by atoms with E-state index in [0.717, 1.165) is 37.5 Å². The molecule has 0 bridgehead atoms. The smallest absolute Gasteiger partial charge is 0.195 e. The van der Waals surface area contributed by atoms with Crippen molar-refractivity contribution in [3.8, 4) is 33.8 Å². The third-order valence-corrected chi connectivity index (χ3v) is 7.32. The SMILES string of the molecule is O=C(c1c(-c2ccc(O)cc2)c(-c2ccccc2O)cc2ccccc12)c1csc2ccccc12. The van der Waals surface area contributed by atoms with Gasteiger partial charge in [0.2, 0.25) is 0 Å². The molecule has 35 heavy (non-hydrogen) atoms. The summed E-state index contributed by atoms with van der Waals surface area (Å²) in [6.45, 7) is 0. The largest absolute Gasteiger partial charge is 0.508 e. The fourth-order valence-corrected chi connectivity index (χ4v) is 5.65. The minimum Gasteiger partial charge on any atom is -0.508 e. The van der Waals surface area contributed by atoms with Crippen LogP contribution in [-0.2, 0) is 0 Å². The molecule has 2 N–H and O–H groups in total. The molecule has 6 aromatic rings. The van der Waals surface area contributed by atoms with Gasteiger partial charge in [-0.2, -0.15) is 0 Å². The molecule has 0 aliphatic heterocycles. The van der Waals surface area contributed by atoms with Crippen molar-refractivity contribution >= 4 is 38.0 Å². The number of aromatic hydroxyl groups is 2. The summed E-state index contributed by atoms with van der Waals surface area (Å²) >= 11 is 1.56. The van der Waals surface area contributed by atoms with Crippen LogP contribution in [0.3, 0.4) is 0 Å². The molecule has 168 valence electrons. The van der Waals surface area contributed by atoms with Crippen molar-refractivity contribution in [2.24, 2.45) is 0 Å². The summed E-state index contributed by atoms with van der Waals surface area (Å²) in [5, 5.41) is 25.3. The van der Waals surface area contributed by atoms with Gasteiger partial charge in [-0.15, -0.1) is 11.3 Å². The minimum absolute atomic E-state index is 0.0704. The van der Waals surface area contributed by atoms with Gasteiger partial charge >= 0.3 is 0 Å². The van der Waals surface area contributed by atoms with Crippen molar-refractivity contribution in [2.45, 2.75) is 0 Å². The van der Waals surface area contributed by atoms with Crippen LogP contribution in [0.15, 0.2) is 109 Å². The van der Waals surface area contributed by atoms with Gasteiger partial charge in [0.05, 0.1) is 0 Å². The fourth-order valence-electron chi connectivity index (χ4n) is 4.71. The lowest BCUT2D eigenvalue weighted by Gasteiger charge is -2.19. The van der Waals surface area contributed by atoms with Crippen molar-refractivity contribution in [1.82, 2.24) is 0 Å². The van der Waals surface area contributed by atoms with Crippen LogP contribution >= 0.6 is 11.3 Å². The Morgan fingerprint density at radius 1 is 0.686 bits per heavy atom. The molecule has 6 rings (SSSR count). The van der Waals surface area contributed by atoms with E-state index in [-0.39, 0.29) is 17.3 Å². The standard InChI is InChI=1S/C31H20O3S/c32-21-15-13-19(14-16-21)29-25(23-9-3-5-11-27(23)33)17-20-7-1-2-8-22(20)30(29)31(34)26-18-35-28-12-6-4-10-24(26)28/h1-18,32-33H. The number of para-hydroxylation sites is 1. The molecule has 5 aromatic carbocycles. The van der Waals surface area contributed by atoms with Crippen LogP contribution < -0.4 is 0 Å². The van der Waals surface area contributed by atoms with Gasteiger partial charge in [0.1, 0.15) is 11.5 Å². The molecule has 4 heteroatoms. The van der Waals surface area contributed by atoms with Gasteiger partial charge < -0.3 is 10.2 Å². The van der Waals surface area contributed by atoms with Crippen molar-refractivity contribution < 1.29 is 15.0 Å². The first-order chi connectivity index (χ1) is 17.1. The number of rotatable bonds is 4. The number of phenols is 2. The van der Waals surface area contributed by atoms with Crippen LogP contribution in [0, 0.1) is 0 Å². The van der Waals surface area contributed by atoms with Gasteiger partial charge in [-0.3, -0.25) is 4.79 Å². The van der Waals surface area contributed by atoms with E-state index in [1.165, 1.54) is 0 Å². The summed E-state index contributed by atoms with van der Waals surface area (Å²) in [6.07, 6.45) is 0. The van der Waals surface area contributed by atoms with E-state index in [1.807, 2.05) is 84.2 Å². The molecule has 0 amide bonds. The molecule has 0 fully saturated rings. The summed E-state index contributed by atoms with van der Waals surface area (Å²) in [5.74, 6) is 0.219. The molecule has 0 unspecified atom stereocenters. The first-order valence-corrected chi connectivity index (χ1v) is 12.1. The molecule has 0 spiro atoms. The van der Waals surface area contributed by atoms with Crippen molar-refractivity contribution in [3.05, 3.63) is 120 Å². The summed E-state index contributed by atoms with van der Waals surface area (Å²) in [5.41, 5.74) is 4.15. The molecule has 1 heterocycles. The zero-order chi connectivity index (χ0) is 23.9. The Morgan fingerprint density at radius 3 is 2.17 bits per heavy atom. The second-order valence-electron chi connectivity index (χ2n) is 8.43. The first kappa shape index (κ1) is 21.1. The highest BCUT2D eigenvalue weighted by Gasteiger charge is 2.25. The number of thiophene rings is 1. The number of fused-ring (bicyclic) bond motifs is 2. The summed E-state index contributed by atoms with van der Waals surface area (Å²) in [6, 6.07) is 31.8. The molecule has 1 aromatic heterocycles. The van der Waals surface area contributed by atoms with E-state index >= 15 is 0 Å². The number of benzene rings is 5. The Labute approximate surface area is 206 Å². The Kier molecular flexibility index (Phi) is 5.09. The molecule has 0 saturated carbocycles. The highest BCUT2D eigenvalue weighted by molar-refractivity contribution is 7.17. The number of carbonyl (C=O) groups excluding carboxylic acids is 1. The van der Waals surface area contributed by atoms with Crippen LogP contribution in [0.25, 0.3) is 43.1 Å². The number of hydrogen-bond acceptors (Lipinski definition) is 4. The Hall–Kier alpha value is -4.41. The van der Waals surface area contributed by atoms with Crippen molar-refractivity contribution in [1.29, 1.82) is 0 Å². The fraction of sp³-hybridized carbons (Fsp3) is 0. The zero-order valence-electron chi connectivity index (χ0n) is 18.6. The van der Waals surface area contributed by atoms with E-state index in [9.17, 15) is 15.0 Å². The maximum Gasteiger partial charge on any atom is 0.195 e. The summed E-state index contributed by atoms with van der Waals surface area (Å²) in [4.78, 5) is 14.4. The van der Waals surface area contributed by atoms with E-state index < -0.39 is 0 Å². The van der Waals surface area contributed by atoms with Crippen LogP contribution in [-0.4, -0.2) is 16.0 Å². The predicted octanol–water partition coefficient (Wildman–Crippen LogP) is 8.03. The minimum atomic E-state index is -0.0704. The first-order valence-electron chi connectivity index (χ1n) is 11.3. The molecular formula is C31H20O3S. The summed E-state index contributed by atoms with van der Waals surface area (Å²) < 4.78 is 1.06. The van der Waals surface area contributed by atoms with E-state index in [1.54, 1.807) is 35.6 Å². The second kappa shape index (κ2) is 8.42. The van der Waals surface area contributed by atoms with Crippen LogP contribution in [0.5, 0.6) is 11.5 Å². The number of carbonyl (C=O) groups is 1. The number of ketones is 1. The third kappa shape index (κ3) is 3.56. The van der Waals surface area contributed by atoms with Crippen molar-refractivity contribution in [2.75, 3.05) is 0 Å². The zero-order valence-corrected chi connectivity index (χ0v) is 19.4. The lowest BCUT2D eigenvalue weighted by Crippen LogP contribution is -2.06. The average Bonchev–Trinajstić information content (AvgIpc) is 3.32. The highest BCUT2D eigenvalue weighted by Crippen LogP contribution is 2.44. The topological polar surface area (TPSA) is 57.5 Å². The van der Waals surface area contributed by atoms with Crippen LogP contribution in [0.2, 0.25) is 0 Å². The molecule has 0 radical (unpaired) electrons. The number of hydrogen-bond donors (Lipinski definition) is 2. The van der Waals surface area contributed by atoms with E-state index in [4.69, 9.17) is 0 Å². The van der Waals surface area contributed by atoms with E-state index in [2.05, 4.69) is 0 Å². The molecular weight excluding hydrogens is 452 g/mol. The van der Waals surface area contributed by atoms with Gasteiger partial charge in [-0.25, -0.2) is 0 Å². The normalized spacial score (nSPS) is 11.2. The maximum atomic E-state index is 14.4. The third-order valence-electron chi connectivity index (χ3n) is 6.35. The van der Waals surface area contributed by atoms with Gasteiger partial charge in [0, 0.05) is 37.7 Å². The van der Waals surface area contributed by atoms with Crippen LogP contribution in [0.4, 0.5) is 0 Å². The molecule has 0 atom stereocenters. The molecule has 0 saturated heterocycles. The number of phenolic OH excluding ortho intramolecular Hbond substituents is 2. The van der Waals surface area contributed by atoms with Crippen LogP contribution in [0.1, 0.15) is 15.9 Å². The van der Waals surface area contributed by atoms with Gasteiger partial charge in [0.25, 0.3) is 0 Å². The lowest BCUT2D eigenvalue weighted by atomic mass is 9.83. The molecule has 0 aliphatic carbocycles. The van der Waals surface area contributed by atoms with Gasteiger partial charge in [0.15, 0.2) is 5.78 Å². The Morgan fingerprint density at radius 2 is 1.37 bits per heavy atom. The monoisotopic (exact) mass is 472 g/mol. The van der Waals surface area contributed by atoms with E-state index in [0.29, 0.717) is 16.7 Å². The van der Waals surface area contributed by atoms with Gasteiger partial charge in [-0.1, -0.05) is 72.8 Å². The predicted molar refractivity (Wildman–Crippen MR) is 143 cm³/mol. The van der Waals surface area contributed by atoms with Crippen molar-refractivity contribution in [3.63, 3.8) is 0 Å². The second-order valence-corrected chi connectivity index (χ2v) is 9.35. The molecule has 0 aliphatic rings. The highest BCUT2D eigenvalue weighted by atomic mass is 32.1. The summed E-state index contributed by atoms with van der Waals surface area (Å²) in [7, 11) is 0. The lowest BCUT2D eigenvalue weighted by molar-refractivity contribution is 0.104. The Bertz CT molecular complexity index is 1730. The van der Waals surface area contributed by atoms with Gasteiger partial charge in [-0.05, 0) is 52.2 Å². The molecule has 3 nitrogen and oxygen atoms in total.